The Morgan fingerprint density at radius 2 is 2.11 bits per heavy atom. The number of nitrogens with zero attached hydrogens (tertiary/aromatic N) is 3. The summed E-state index contributed by atoms with van der Waals surface area (Å²) in [6.07, 6.45) is -1.52. The lowest BCUT2D eigenvalue weighted by molar-refractivity contribution is -0.263. The van der Waals surface area contributed by atoms with Gasteiger partial charge < -0.3 is 19.5 Å². The Morgan fingerprint density at radius 1 is 1.31 bits per heavy atom. The summed E-state index contributed by atoms with van der Waals surface area (Å²) in [6, 6.07) is 3.71. The second kappa shape index (κ2) is 8.68. The van der Waals surface area contributed by atoms with E-state index < -0.39 is 23.7 Å². The molecule has 0 aromatic heterocycles. The van der Waals surface area contributed by atoms with Gasteiger partial charge in [-0.25, -0.2) is 4.39 Å². The van der Waals surface area contributed by atoms with Crippen molar-refractivity contribution in [1.82, 2.24) is 20.8 Å². The van der Waals surface area contributed by atoms with Crippen molar-refractivity contribution in [3.05, 3.63) is 53.2 Å². The summed E-state index contributed by atoms with van der Waals surface area (Å²) in [4.78, 5) is 2.23. The number of fused-ring (bicyclic) bond motifs is 2. The van der Waals surface area contributed by atoms with Crippen molar-refractivity contribution in [2.75, 3.05) is 33.4 Å². The van der Waals surface area contributed by atoms with E-state index in [1.165, 1.54) is 19.2 Å². The molecule has 1 fully saturated rings. The Labute approximate surface area is 200 Å². The summed E-state index contributed by atoms with van der Waals surface area (Å²) in [5, 5.41) is 7.17. The molecule has 4 aliphatic rings. The number of allylic oxidation sites excluding steroid dienone is 1. The Bertz CT molecular complexity index is 1090. The van der Waals surface area contributed by atoms with E-state index in [4.69, 9.17) is 14.2 Å². The van der Waals surface area contributed by atoms with Crippen molar-refractivity contribution in [2.24, 2.45) is 5.10 Å². The molecule has 1 aliphatic carbocycles. The SMILES string of the molecule is COC1=CC2(C)NN(C(F)(F)F)N=C2C(N[C@H]2c3ccc(F)cc3OC[C@@H]2N2CCO[C@H](C)C2)=C1. The highest BCUT2D eigenvalue weighted by molar-refractivity contribution is 6.10. The summed E-state index contributed by atoms with van der Waals surface area (Å²) in [7, 11) is 1.45. The van der Waals surface area contributed by atoms with Crippen molar-refractivity contribution >= 4 is 5.71 Å². The molecular formula is C23H27F4N5O3. The molecule has 1 unspecified atom stereocenters. The number of hydrazone groups is 1. The molecule has 1 aromatic rings. The van der Waals surface area contributed by atoms with E-state index in [-0.39, 0.29) is 29.6 Å². The average molecular weight is 497 g/mol. The summed E-state index contributed by atoms with van der Waals surface area (Å²) in [6.45, 7) is 5.73. The van der Waals surface area contributed by atoms with E-state index in [0.29, 0.717) is 42.5 Å². The lowest BCUT2D eigenvalue weighted by Gasteiger charge is -2.44. The number of benzene rings is 1. The number of hydrogen-bond donors (Lipinski definition) is 2. The lowest BCUT2D eigenvalue weighted by atomic mass is 9.87. The standard InChI is InChI=1S/C23H27F4N5O3/c1-13-11-31(6-7-34-13)18-12-35-19-8-14(24)4-5-16(19)20(18)28-17-9-15(33-3)10-22(2)21(17)29-32(30-22)23(25,26)27/h4-5,8-10,13,18,20,28,30H,6-7,11-12H2,1-3H3/t13-,18+,20+,22?/m1/s1. The molecule has 1 saturated heterocycles. The van der Waals surface area contributed by atoms with E-state index in [2.05, 4.69) is 20.7 Å². The maximum Gasteiger partial charge on any atom is 0.515 e. The average Bonchev–Trinajstić information content (AvgIpc) is 3.17. The van der Waals surface area contributed by atoms with Gasteiger partial charge in [0.25, 0.3) is 0 Å². The topological polar surface area (TPSA) is 70.6 Å². The van der Waals surface area contributed by atoms with Crippen LogP contribution in [-0.2, 0) is 9.47 Å². The molecule has 0 bridgehead atoms. The van der Waals surface area contributed by atoms with Gasteiger partial charge in [-0.1, -0.05) is 6.07 Å². The number of hydrazine groups is 1. The quantitative estimate of drug-likeness (QED) is 0.490. The summed E-state index contributed by atoms with van der Waals surface area (Å²) in [5.41, 5.74) is 2.41. The lowest BCUT2D eigenvalue weighted by Crippen LogP contribution is -2.57. The van der Waals surface area contributed by atoms with Crippen LogP contribution in [0.25, 0.3) is 0 Å². The number of ether oxygens (including phenoxy) is 3. The van der Waals surface area contributed by atoms with E-state index in [1.54, 1.807) is 25.1 Å². The zero-order chi connectivity index (χ0) is 25.0. The third kappa shape index (κ3) is 4.45. The third-order valence-electron chi connectivity index (χ3n) is 6.64. The highest BCUT2D eigenvalue weighted by Gasteiger charge is 2.50. The van der Waals surface area contributed by atoms with Gasteiger partial charge in [0.1, 0.15) is 35.2 Å². The minimum Gasteiger partial charge on any atom is -0.497 e. The van der Waals surface area contributed by atoms with Gasteiger partial charge in [-0.15, -0.1) is 18.3 Å². The first-order valence-electron chi connectivity index (χ1n) is 11.3. The van der Waals surface area contributed by atoms with Crippen LogP contribution in [0.15, 0.2) is 46.9 Å². The van der Waals surface area contributed by atoms with E-state index in [1.807, 2.05) is 6.92 Å². The second-order valence-corrected chi connectivity index (χ2v) is 9.21. The normalized spacial score (nSPS) is 31.0. The van der Waals surface area contributed by atoms with Crippen LogP contribution < -0.4 is 15.5 Å². The summed E-state index contributed by atoms with van der Waals surface area (Å²) in [5.74, 6) is 0.346. The maximum atomic E-state index is 14.0. The minimum atomic E-state index is -4.71. The van der Waals surface area contributed by atoms with Gasteiger partial charge in [0.05, 0.1) is 37.6 Å². The number of alkyl halides is 3. The monoisotopic (exact) mass is 497 g/mol. The van der Waals surface area contributed by atoms with Crippen LogP contribution in [0.1, 0.15) is 25.5 Å². The largest absolute Gasteiger partial charge is 0.515 e. The molecule has 2 N–H and O–H groups in total. The molecule has 3 heterocycles. The van der Waals surface area contributed by atoms with Crippen molar-refractivity contribution in [3.8, 4) is 5.75 Å². The van der Waals surface area contributed by atoms with E-state index >= 15 is 0 Å². The van der Waals surface area contributed by atoms with Crippen molar-refractivity contribution in [1.29, 1.82) is 0 Å². The number of hydrogen-bond acceptors (Lipinski definition) is 8. The fourth-order valence-electron chi connectivity index (χ4n) is 4.99. The zero-order valence-corrected chi connectivity index (χ0v) is 19.5. The maximum absolute atomic E-state index is 14.0. The number of morpholine rings is 1. The summed E-state index contributed by atoms with van der Waals surface area (Å²) < 4.78 is 71.5. The molecule has 190 valence electrons. The molecule has 0 radical (unpaired) electrons. The van der Waals surface area contributed by atoms with Crippen LogP contribution >= 0.6 is 0 Å². The first-order chi connectivity index (χ1) is 16.6. The molecular weight excluding hydrogens is 470 g/mol. The number of nitrogens with one attached hydrogen (secondary N) is 2. The van der Waals surface area contributed by atoms with Crippen LogP contribution in [0.2, 0.25) is 0 Å². The molecule has 1 aromatic carbocycles. The fraction of sp³-hybridized carbons (Fsp3) is 0.522. The molecule has 12 heteroatoms. The Morgan fingerprint density at radius 3 is 2.83 bits per heavy atom. The predicted octanol–water partition coefficient (Wildman–Crippen LogP) is 2.82. The van der Waals surface area contributed by atoms with E-state index in [0.717, 1.165) is 0 Å². The Kier molecular flexibility index (Phi) is 5.93. The van der Waals surface area contributed by atoms with Gasteiger partial charge >= 0.3 is 6.30 Å². The van der Waals surface area contributed by atoms with Crippen LogP contribution in [0.4, 0.5) is 17.6 Å². The number of methoxy groups -OCH3 is 1. The minimum absolute atomic E-state index is 0.0166. The molecule has 3 aliphatic heterocycles. The Hall–Kier alpha value is -2.83. The van der Waals surface area contributed by atoms with Gasteiger partial charge in [-0.05, 0) is 26.0 Å². The van der Waals surface area contributed by atoms with Crippen LogP contribution in [0, 0.1) is 5.82 Å². The van der Waals surface area contributed by atoms with Crippen molar-refractivity contribution in [2.45, 2.75) is 43.9 Å². The van der Waals surface area contributed by atoms with Crippen LogP contribution in [-0.4, -0.2) is 73.1 Å². The summed E-state index contributed by atoms with van der Waals surface area (Å²) >= 11 is 0. The van der Waals surface area contributed by atoms with Crippen LogP contribution in [0.3, 0.4) is 0 Å². The first kappa shape index (κ1) is 23.9. The van der Waals surface area contributed by atoms with Crippen molar-refractivity contribution in [3.63, 3.8) is 0 Å². The molecule has 5 rings (SSSR count). The Balaban J connectivity index is 1.54. The van der Waals surface area contributed by atoms with Crippen molar-refractivity contribution < 1.29 is 31.8 Å². The second-order valence-electron chi connectivity index (χ2n) is 9.21. The molecule has 8 nitrogen and oxygen atoms in total. The molecule has 4 atom stereocenters. The number of halogens is 4. The van der Waals surface area contributed by atoms with E-state index in [9.17, 15) is 17.6 Å². The van der Waals surface area contributed by atoms with Crippen LogP contribution in [0.5, 0.6) is 5.75 Å². The molecule has 0 saturated carbocycles. The predicted molar refractivity (Wildman–Crippen MR) is 119 cm³/mol. The third-order valence-corrected chi connectivity index (χ3v) is 6.64. The van der Waals surface area contributed by atoms with Gasteiger partial charge in [-0.2, -0.15) is 10.5 Å². The van der Waals surface area contributed by atoms with Gasteiger partial charge in [0, 0.05) is 30.8 Å². The van der Waals surface area contributed by atoms with Gasteiger partial charge in [0.2, 0.25) is 0 Å². The van der Waals surface area contributed by atoms with Gasteiger partial charge in [0.15, 0.2) is 0 Å². The smallest absolute Gasteiger partial charge is 0.497 e. The highest BCUT2D eigenvalue weighted by Crippen LogP contribution is 2.39. The zero-order valence-electron chi connectivity index (χ0n) is 19.5. The fourth-order valence-corrected chi connectivity index (χ4v) is 4.99. The number of rotatable bonds is 4. The molecule has 35 heavy (non-hydrogen) atoms. The van der Waals surface area contributed by atoms with Gasteiger partial charge in [-0.3, -0.25) is 4.90 Å². The molecule has 0 spiro atoms. The highest BCUT2D eigenvalue weighted by atomic mass is 19.4. The first-order valence-corrected chi connectivity index (χ1v) is 11.3. The molecule has 0 amide bonds.